The first-order chi connectivity index (χ1) is 10.2. The predicted molar refractivity (Wildman–Crippen MR) is 78.0 cm³/mol. The summed E-state index contributed by atoms with van der Waals surface area (Å²) in [6.45, 7) is 0.0218. The van der Waals surface area contributed by atoms with Crippen molar-refractivity contribution in [3.63, 3.8) is 0 Å². The van der Waals surface area contributed by atoms with Crippen LogP contribution >= 0.6 is 0 Å². The van der Waals surface area contributed by atoms with E-state index in [0.29, 0.717) is 5.56 Å². The molecule has 0 radical (unpaired) electrons. The number of benzene rings is 2. The molecular formula is C16H17FN2O2. The van der Waals surface area contributed by atoms with Crippen LogP contribution in [0.5, 0.6) is 0 Å². The summed E-state index contributed by atoms with van der Waals surface area (Å²) in [6, 6.07) is 14.3. The van der Waals surface area contributed by atoms with Crippen molar-refractivity contribution in [2.45, 2.75) is 12.6 Å². The van der Waals surface area contributed by atoms with Crippen LogP contribution in [-0.2, 0) is 6.54 Å². The van der Waals surface area contributed by atoms with Gasteiger partial charge in [0.2, 0.25) is 0 Å². The maximum atomic E-state index is 13.0. The molecule has 2 rings (SSSR count). The zero-order valence-corrected chi connectivity index (χ0v) is 11.4. The van der Waals surface area contributed by atoms with E-state index in [4.69, 9.17) is 0 Å². The molecule has 4 nitrogen and oxygen atoms in total. The van der Waals surface area contributed by atoms with Crippen molar-refractivity contribution in [3.05, 3.63) is 71.5 Å². The molecule has 1 unspecified atom stereocenters. The van der Waals surface area contributed by atoms with Crippen molar-refractivity contribution in [2.75, 3.05) is 6.61 Å². The van der Waals surface area contributed by atoms with E-state index in [1.54, 1.807) is 12.1 Å². The molecule has 0 bridgehead atoms. The molecule has 0 aliphatic heterocycles. The minimum atomic E-state index is -0.473. The average molecular weight is 288 g/mol. The molecule has 0 aromatic heterocycles. The van der Waals surface area contributed by atoms with E-state index >= 15 is 0 Å². The number of nitrogens with one attached hydrogen (secondary N) is 2. The number of halogens is 1. The molecule has 110 valence electrons. The summed E-state index contributed by atoms with van der Waals surface area (Å²) in [5, 5.41) is 14.7. The zero-order valence-electron chi connectivity index (χ0n) is 11.4. The van der Waals surface area contributed by atoms with Gasteiger partial charge in [-0.3, -0.25) is 0 Å². The number of carbonyl (C=O) groups is 1. The quantitative estimate of drug-likeness (QED) is 0.791. The molecule has 2 aromatic rings. The van der Waals surface area contributed by atoms with E-state index in [9.17, 15) is 14.3 Å². The third-order valence-corrected chi connectivity index (χ3v) is 3.03. The Labute approximate surface area is 122 Å². The number of carbonyl (C=O) groups excluding carboxylic acids is 1. The van der Waals surface area contributed by atoms with Crippen LogP contribution < -0.4 is 10.6 Å². The minimum absolute atomic E-state index is 0.197. The van der Waals surface area contributed by atoms with E-state index in [1.165, 1.54) is 12.1 Å². The van der Waals surface area contributed by atoms with Crippen LogP contribution in [0, 0.1) is 5.82 Å². The second-order valence-corrected chi connectivity index (χ2v) is 4.60. The van der Waals surface area contributed by atoms with E-state index in [-0.39, 0.29) is 19.0 Å². The fourth-order valence-corrected chi connectivity index (χ4v) is 1.96. The van der Waals surface area contributed by atoms with Gasteiger partial charge in [-0.05, 0) is 23.3 Å². The Bertz CT molecular complexity index is 590. The van der Waals surface area contributed by atoms with Gasteiger partial charge in [-0.1, -0.05) is 42.5 Å². The number of aliphatic hydroxyl groups is 1. The Morgan fingerprint density at radius 3 is 2.57 bits per heavy atom. The van der Waals surface area contributed by atoms with E-state index in [1.807, 2.05) is 30.3 Å². The van der Waals surface area contributed by atoms with Crippen LogP contribution in [-0.4, -0.2) is 17.7 Å². The molecule has 0 heterocycles. The predicted octanol–water partition coefficient (Wildman–Crippen LogP) is 2.36. The molecular weight excluding hydrogens is 271 g/mol. The van der Waals surface area contributed by atoms with Gasteiger partial charge in [-0.15, -0.1) is 0 Å². The molecule has 0 spiro atoms. The summed E-state index contributed by atoms with van der Waals surface area (Å²) in [7, 11) is 0. The highest BCUT2D eigenvalue weighted by Crippen LogP contribution is 2.11. The van der Waals surface area contributed by atoms with Crippen molar-refractivity contribution >= 4 is 6.03 Å². The van der Waals surface area contributed by atoms with Gasteiger partial charge in [0.1, 0.15) is 5.82 Å². The molecule has 1 atom stereocenters. The molecule has 2 amide bonds. The number of urea groups is 1. The zero-order chi connectivity index (χ0) is 15.1. The highest BCUT2D eigenvalue weighted by Gasteiger charge is 2.12. The summed E-state index contributed by atoms with van der Waals surface area (Å²) >= 11 is 0. The van der Waals surface area contributed by atoms with Crippen LogP contribution in [0.25, 0.3) is 0 Å². The van der Waals surface area contributed by atoms with Crippen LogP contribution in [0.3, 0.4) is 0 Å². The summed E-state index contributed by atoms with van der Waals surface area (Å²) in [4.78, 5) is 11.8. The van der Waals surface area contributed by atoms with Gasteiger partial charge < -0.3 is 15.7 Å². The van der Waals surface area contributed by atoms with Crippen molar-refractivity contribution in [1.82, 2.24) is 10.6 Å². The maximum absolute atomic E-state index is 13.0. The molecule has 3 N–H and O–H groups in total. The number of rotatable bonds is 5. The fourth-order valence-electron chi connectivity index (χ4n) is 1.96. The molecule has 0 fully saturated rings. The molecule has 0 aliphatic carbocycles. The van der Waals surface area contributed by atoms with E-state index in [2.05, 4.69) is 10.6 Å². The molecule has 21 heavy (non-hydrogen) atoms. The fraction of sp³-hybridized carbons (Fsp3) is 0.188. The van der Waals surface area contributed by atoms with E-state index in [0.717, 1.165) is 5.56 Å². The third-order valence-electron chi connectivity index (χ3n) is 3.03. The Hall–Kier alpha value is -2.40. The highest BCUT2D eigenvalue weighted by molar-refractivity contribution is 5.74. The number of amides is 2. The van der Waals surface area contributed by atoms with Crippen LogP contribution in [0.2, 0.25) is 0 Å². The lowest BCUT2D eigenvalue weighted by Gasteiger charge is -2.17. The Kier molecular flexibility index (Phi) is 5.29. The summed E-state index contributed by atoms with van der Waals surface area (Å²) in [6.07, 6.45) is 0. The Morgan fingerprint density at radius 2 is 1.90 bits per heavy atom. The number of hydrogen-bond donors (Lipinski definition) is 3. The molecule has 0 saturated carbocycles. The van der Waals surface area contributed by atoms with Gasteiger partial charge in [0.15, 0.2) is 0 Å². The smallest absolute Gasteiger partial charge is 0.315 e. The van der Waals surface area contributed by atoms with Gasteiger partial charge in [0.05, 0.1) is 12.6 Å². The van der Waals surface area contributed by atoms with Gasteiger partial charge in [0, 0.05) is 6.54 Å². The maximum Gasteiger partial charge on any atom is 0.315 e. The van der Waals surface area contributed by atoms with Crippen LogP contribution in [0.15, 0.2) is 54.6 Å². The monoisotopic (exact) mass is 288 g/mol. The molecule has 0 saturated heterocycles. The summed E-state index contributed by atoms with van der Waals surface area (Å²) < 4.78 is 13.0. The normalized spacial score (nSPS) is 11.7. The van der Waals surface area contributed by atoms with Crippen LogP contribution in [0.1, 0.15) is 17.2 Å². The van der Waals surface area contributed by atoms with Crippen molar-refractivity contribution in [3.8, 4) is 0 Å². The summed E-state index contributed by atoms with van der Waals surface area (Å²) in [5.41, 5.74) is 1.49. The Morgan fingerprint density at radius 1 is 1.14 bits per heavy atom. The van der Waals surface area contributed by atoms with Crippen molar-refractivity contribution < 1.29 is 14.3 Å². The Balaban J connectivity index is 1.89. The van der Waals surface area contributed by atoms with Crippen LogP contribution in [0.4, 0.5) is 9.18 Å². The lowest BCUT2D eigenvalue weighted by Crippen LogP contribution is -2.38. The first-order valence-electron chi connectivity index (χ1n) is 6.63. The van der Waals surface area contributed by atoms with E-state index < -0.39 is 12.1 Å². The second kappa shape index (κ2) is 7.40. The highest BCUT2D eigenvalue weighted by atomic mass is 19.1. The second-order valence-electron chi connectivity index (χ2n) is 4.60. The largest absolute Gasteiger partial charge is 0.394 e. The standard InChI is InChI=1S/C16H17FN2O2/c17-14-8-4-5-12(9-14)10-18-16(21)19-15(11-20)13-6-2-1-3-7-13/h1-9,15,20H,10-11H2,(H2,18,19,21). The minimum Gasteiger partial charge on any atom is -0.394 e. The van der Waals surface area contributed by atoms with Gasteiger partial charge in [-0.25, -0.2) is 9.18 Å². The van der Waals surface area contributed by atoms with Gasteiger partial charge >= 0.3 is 6.03 Å². The summed E-state index contributed by atoms with van der Waals surface area (Å²) in [5.74, 6) is -0.341. The molecule has 5 heteroatoms. The topological polar surface area (TPSA) is 61.4 Å². The van der Waals surface area contributed by atoms with Crippen molar-refractivity contribution in [1.29, 1.82) is 0 Å². The third kappa shape index (κ3) is 4.57. The first kappa shape index (κ1) is 15.0. The SMILES string of the molecule is O=C(NCc1cccc(F)c1)NC(CO)c1ccccc1. The molecule has 0 aliphatic rings. The molecule has 2 aromatic carbocycles. The van der Waals surface area contributed by atoms with Crippen molar-refractivity contribution in [2.24, 2.45) is 0 Å². The lowest BCUT2D eigenvalue weighted by molar-refractivity contribution is 0.216. The van der Waals surface area contributed by atoms with Gasteiger partial charge in [0.25, 0.3) is 0 Å². The lowest BCUT2D eigenvalue weighted by atomic mass is 10.1. The average Bonchev–Trinajstić information content (AvgIpc) is 2.51. The first-order valence-corrected chi connectivity index (χ1v) is 6.63. The number of hydrogen-bond acceptors (Lipinski definition) is 2. The number of aliphatic hydroxyl groups excluding tert-OH is 1. The van der Waals surface area contributed by atoms with Gasteiger partial charge in [-0.2, -0.15) is 0 Å².